The molecular formula is C17H28N2O. The van der Waals surface area contributed by atoms with Crippen LogP contribution in [0.15, 0.2) is 24.3 Å². The lowest BCUT2D eigenvalue weighted by atomic mass is 9.93. The number of likely N-dealkylation sites (tertiary alicyclic amines) is 1. The molecule has 3 heteroatoms. The van der Waals surface area contributed by atoms with E-state index >= 15 is 0 Å². The lowest BCUT2D eigenvalue weighted by Gasteiger charge is -2.31. The minimum atomic E-state index is 0.459. The highest BCUT2D eigenvalue weighted by atomic mass is 16.5. The van der Waals surface area contributed by atoms with Crippen molar-refractivity contribution >= 4 is 0 Å². The Morgan fingerprint density at radius 2 is 2.00 bits per heavy atom. The first-order chi connectivity index (χ1) is 9.67. The van der Waals surface area contributed by atoms with Crippen LogP contribution in [0.4, 0.5) is 0 Å². The molecule has 0 amide bonds. The lowest BCUT2D eigenvalue weighted by molar-refractivity contribution is 0.184. The molecule has 1 saturated heterocycles. The summed E-state index contributed by atoms with van der Waals surface area (Å²) in [5.74, 6) is 1.54. The third-order valence-corrected chi connectivity index (χ3v) is 4.22. The van der Waals surface area contributed by atoms with E-state index in [2.05, 4.69) is 49.9 Å². The summed E-state index contributed by atoms with van der Waals surface area (Å²) in [5, 5.41) is 0. The van der Waals surface area contributed by atoms with Gasteiger partial charge in [-0.25, -0.2) is 0 Å². The first-order valence-electron chi connectivity index (χ1n) is 7.86. The first kappa shape index (κ1) is 15.3. The molecule has 112 valence electrons. The third-order valence-electron chi connectivity index (χ3n) is 4.22. The van der Waals surface area contributed by atoms with E-state index in [1.165, 1.54) is 12.0 Å². The van der Waals surface area contributed by atoms with E-state index in [1.54, 1.807) is 0 Å². The number of hydrogen-bond donors (Lipinski definition) is 1. The maximum absolute atomic E-state index is 5.97. The van der Waals surface area contributed by atoms with Gasteiger partial charge in [0.15, 0.2) is 0 Å². The highest BCUT2D eigenvalue weighted by Crippen LogP contribution is 2.38. The average Bonchev–Trinajstić information content (AvgIpc) is 2.89. The van der Waals surface area contributed by atoms with Gasteiger partial charge in [0.25, 0.3) is 0 Å². The normalized spacial score (nSPS) is 23.4. The van der Waals surface area contributed by atoms with Crippen LogP contribution in [-0.4, -0.2) is 30.6 Å². The fourth-order valence-corrected chi connectivity index (χ4v) is 3.15. The van der Waals surface area contributed by atoms with Crippen LogP contribution in [0.3, 0.4) is 0 Å². The number of benzene rings is 1. The molecule has 1 heterocycles. The second kappa shape index (κ2) is 7.09. The predicted molar refractivity (Wildman–Crippen MR) is 84.0 cm³/mol. The Bertz CT molecular complexity index is 402. The van der Waals surface area contributed by atoms with Gasteiger partial charge in [0.2, 0.25) is 0 Å². The van der Waals surface area contributed by atoms with E-state index in [1.807, 2.05) is 0 Å². The van der Waals surface area contributed by atoms with Gasteiger partial charge in [-0.1, -0.05) is 19.1 Å². The topological polar surface area (TPSA) is 38.5 Å². The fourth-order valence-electron chi connectivity index (χ4n) is 3.15. The highest BCUT2D eigenvalue weighted by molar-refractivity contribution is 5.30. The monoisotopic (exact) mass is 276 g/mol. The third kappa shape index (κ3) is 3.33. The van der Waals surface area contributed by atoms with Gasteiger partial charge in [-0.3, -0.25) is 4.90 Å². The van der Waals surface area contributed by atoms with Crippen molar-refractivity contribution in [2.24, 2.45) is 11.7 Å². The molecule has 1 aliphatic rings. The van der Waals surface area contributed by atoms with Gasteiger partial charge in [0.1, 0.15) is 5.75 Å². The Kier molecular flexibility index (Phi) is 5.44. The van der Waals surface area contributed by atoms with Gasteiger partial charge in [0.05, 0.1) is 6.61 Å². The van der Waals surface area contributed by atoms with Crippen molar-refractivity contribution in [3.05, 3.63) is 29.8 Å². The molecule has 3 nitrogen and oxygen atoms in total. The fraction of sp³-hybridized carbons (Fsp3) is 0.647. The van der Waals surface area contributed by atoms with Crippen LogP contribution >= 0.6 is 0 Å². The summed E-state index contributed by atoms with van der Waals surface area (Å²) < 4.78 is 5.66. The van der Waals surface area contributed by atoms with Crippen LogP contribution in [0.25, 0.3) is 0 Å². The van der Waals surface area contributed by atoms with Gasteiger partial charge in [-0.15, -0.1) is 0 Å². The van der Waals surface area contributed by atoms with Crippen molar-refractivity contribution in [3.63, 3.8) is 0 Å². The number of nitrogens with two attached hydrogens (primary N) is 1. The number of hydrogen-bond acceptors (Lipinski definition) is 3. The molecule has 2 rings (SSSR count). The summed E-state index contributed by atoms with van der Waals surface area (Å²) in [6.45, 7) is 9.36. The first-order valence-corrected chi connectivity index (χ1v) is 7.86. The molecule has 0 radical (unpaired) electrons. The molecule has 0 saturated carbocycles. The van der Waals surface area contributed by atoms with E-state index in [0.717, 1.165) is 31.9 Å². The van der Waals surface area contributed by atoms with Crippen LogP contribution in [-0.2, 0) is 0 Å². The van der Waals surface area contributed by atoms with Crippen LogP contribution in [0.2, 0.25) is 0 Å². The van der Waals surface area contributed by atoms with Gasteiger partial charge in [-0.2, -0.15) is 0 Å². The van der Waals surface area contributed by atoms with E-state index in [0.29, 0.717) is 18.0 Å². The predicted octanol–water partition coefficient (Wildman–Crippen LogP) is 3.21. The Labute approximate surface area is 123 Å². The Morgan fingerprint density at radius 1 is 1.30 bits per heavy atom. The summed E-state index contributed by atoms with van der Waals surface area (Å²) in [6, 6.07) is 9.62. The Hall–Kier alpha value is -1.06. The number of ether oxygens (including phenoxy) is 1. The molecule has 2 unspecified atom stereocenters. The molecule has 2 N–H and O–H groups in total. The second-order valence-corrected chi connectivity index (χ2v) is 5.98. The smallest absolute Gasteiger partial charge is 0.119 e. The second-order valence-electron chi connectivity index (χ2n) is 5.98. The molecule has 0 spiro atoms. The Balaban J connectivity index is 2.14. The molecule has 1 fully saturated rings. The summed E-state index contributed by atoms with van der Waals surface area (Å²) in [7, 11) is 0. The minimum absolute atomic E-state index is 0.459. The molecule has 0 aliphatic carbocycles. The maximum atomic E-state index is 5.97. The van der Waals surface area contributed by atoms with Crippen LogP contribution in [0.5, 0.6) is 5.75 Å². The van der Waals surface area contributed by atoms with Crippen LogP contribution < -0.4 is 10.5 Å². The van der Waals surface area contributed by atoms with Crippen LogP contribution in [0, 0.1) is 5.92 Å². The van der Waals surface area contributed by atoms with E-state index in [4.69, 9.17) is 10.5 Å². The molecule has 0 aromatic heterocycles. The summed E-state index contributed by atoms with van der Waals surface area (Å²) in [6.07, 6.45) is 2.24. The molecule has 20 heavy (non-hydrogen) atoms. The lowest BCUT2D eigenvalue weighted by Crippen LogP contribution is -2.33. The van der Waals surface area contributed by atoms with E-state index < -0.39 is 0 Å². The largest absolute Gasteiger partial charge is 0.494 e. The number of nitrogens with zero attached hydrogens (tertiary/aromatic N) is 1. The standard InChI is InChI=1S/C17H28N2O/c1-4-11-20-16-7-5-14(6-8-16)17-15(12-18)9-10-19(17)13(2)3/h5-8,13,15,17H,4,9-12,18H2,1-3H3. The molecule has 0 bridgehead atoms. The highest BCUT2D eigenvalue weighted by Gasteiger charge is 2.35. The van der Waals surface area contributed by atoms with Crippen molar-refractivity contribution in [2.45, 2.75) is 45.7 Å². The van der Waals surface area contributed by atoms with Gasteiger partial charge < -0.3 is 10.5 Å². The zero-order valence-corrected chi connectivity index (χ0v) is 13.0. The van der Waals surface area contributed by atoms with Gasteiger partial charge in [0, 0.05) is 12.1 Å². The zero-order chi connectivity index (χ0) is 14.5. The Morgan fingerprint density at radius 3 is 2.55 bits per heavy atom. The summed E-state index contributed by atoms with van der Waals surface area (Å²) in [4.78, 5) is 2.57. The number of rotatable bonds is 6. The molecule has 2 atom stereocenters. The van der Waals surface area contributed by atoms with E-state index in [9.17, 15) is 0 Å². The van der Waals surface area contributed by atoms with Crippen molar-refractivity contribution in [1.29, 1.82) is 0 Å². The zero-order valence-electron chi connectivity index (χ0n) is 13.0. The minimum Gasteiger partial charge on any atom is -0.494 e. The van der Waals surface area contributed by atoms with Crippen molar-refractivity contribution in [1.82, 2.24) is 4.90 Å². The summed E-state index contributed by atoms with van der Waals surface area (Å²) in [5.41, 5.74) is 7.34. The molecular weight excluding hydrogens is 248 g/mol. The SMILES string of the molecule is CCCOc1ccc(C2C(CN)CCN2C(C)C)cc1. The van der Waals surface area contributed by atoms with Crippen molar-refractivity contribution < 1.29 is 4.74 Å². The molecule has 1 aromatic carbocycles. The van der Waals surface area contributed by atoms with Crippen LogP contribution in [0.1, 0.15) is 45.2 Å². The summed E-state index contributed by atoms with van der Waals surface area (Å²) >= 11 is 0. The van der Waals surface area contributed by atoms with Crippen molar-refractivity contribution in [3.8, 4) is 5.75 Å². The van der Waals surface area contributed by atoms with E-state index in [-0.39, 0.29) is 0 Å². The quantitative estimate of drug-likeness (QED) is 0.867. The van der Waals surface area contributed by atoms with Gasteiger partial charge in [-0.05, 0) is 63.4 Å². The average molecular weight is 276 g/mol. The van der Waals surface area contributed by atoms with Gasteiger partial charge >= 0.3 is 0 Å². The van der Waals surface area contributed by atoms with Crippen molar-refractivity contribution in [2.75, 3.05) is 19.7 Å². The molecule has 1 aromatic rings. The molecule has 1 aliphatic heterocycles. The maximum Gasteiger partial charge on any atom is 0.119 e.